The number of rotatable bonds is 6. The predicted octanol–water partition coefficient (Wildman–Crippen LogP) is 2.96. The Kier molecular flexibility index (Phi) is 3.92. The lowest BCUT2D eigenvalue weighted by Crippen LogP contribution is -2.17. The molecule has 2 heterocycles. The third kappa shape index (κ3) is 3.42. The van der Waals surface area contributed by atoms with E-state index in [2.05, 4.69) is 35.3 Å². The smallest absolute Gasteiger partial charge is 0.224 e. The zero-order valence-electron chi connectivity index (χ0n) is 12.9. The summed E-state index contributed by atoms with van der Waals surface area (Å²) in [6.07, 6.45) is 6.19. The minimum absolute atomic E-state index is 0.668. The molecule has 0 amide bonds. The summed E-state index contributed by atoms with van der Waals surface area (Å²) >= 11 is 0. The number of hydrogen-bond acceptors (Lipinski definition) is 4. The maximum atomic E-state index is 5.97. The Bertz CT molecular complexity index is 631. The largest absolute Gasteiger partial charge is 0.435 e. The van der Waals surface area contributed by atoms with Gasteiger partial charge in [-0.1, -0.05) is 0 Å². The van der Waals surface area contributed by atoms with Gasteiger partial charge in [-0.25, -0.2) is 4.98 Å². The van der Waals surface area contributed by atoms with E-state index in [1.165, 1.54) is 18.4 Å². The van der Waals surface area contributed by atoms with Gasteiger partial charge in [0.05, 0.1) is 12.4 Å². The first-order valence-electron chi connectivity index (χ1n) is 7.56. The Morgan fingerprint density at radius 2 is 2.19 bits per heavy atom. The van der Waals surface area contributed by atoms with Crippen LogP contribution in [0.1, 0.15) is 36.6 Å². The lowest BCUT2D eigenvalue weighted by molar-refractivity contribution is 0.449. The van der Waals surface area contributed by atoms with E-state index in [9.17, 15) is 0 Å². The molecule has 2 aromatic heterocycles. The van der Waals surface area contributed by atoms with E-state index >= 15 is 0 Å². The summed E-state index contributed by atoms with van der Waals surface area (Å²) in [7, 11) is 0. The normalized spacial score (nSPS) is 14.4. The molecule has 1 N–H and O–H groups in total. The SMILES string of the molecule is CCn1cc(Oc2nc(C)cc(C)c2CNC2CC2)cn1. The first-order chi connectivity index (χ1) is 10.2. The van der Waals surface area contributed by atoms with Gasteiger partial charge < -0.3 is 10.1 Å². The number of pyridine rings is 1. The van der Waals surface area contributed by atoms with E-state index < -0.39 is 0 Å². The lowest BCUT2D eigenvalue weighted by atomic mass is 10.1. The molecule has 1 aliphatic carbocycles. The quantitative estimate of drug-likeness (QED) is 0.887. The Morgan fingerprint density at radius 3 is 2.86 bits per heavy atom. The Balaban J connectivity index is 1.83. The van der Waals surface area contributed by atoms with E-state index in [1.54, 1.807) is 6.20 Å². The molecule has 2 aromatic rings. The summed E-state index contributed by atoms with van der Waals surface area (Å²) in [5, 5.41) is 7.77. The lowest BCUT2D eigenvalue weighted by Gasteiger charge is -2.13. The highest BCUT2D eigenvalue weighted by molar-refractivity contribution is 5.38. The molecule has 112 valence electrons. The highest BCUT2D eigenvalue weighted by atomic mass is 16.5. The molecule has 3 rings (SSSR count). The molecular weight excluding hydrogens is 264 g/mol. The van der Waals surface area contributed by atoms with Gasteiger partial charge in [0.2, 0.25) is 5.88 Å². The van der Waals surface area contributed by atoms with Gasteiger partial charge in [0.15, 0.2) is 5.75 Å². The summed E-state index contributed by atoms with van der Waals surface area (Å²) in [5.74, 6) is 1.43. The van der Waals surface area contributed by atoms with Gasteiger partial charge in [0.25, 0.3) is 0 Å². The van der Waals surface area contributed by atoms with Crippen LogP contribution in [0.5, 0.6) is 11.6 Å². The van der Waals surface area contributed by atoms with Gasteiger partial charge in [-0.2, -0.15) is 5.10 Å². The molecule has 21 heavy (non-hydrogen) atoms. The molecule has 0 radical (unpaired) electrons. The van der Waals surface area contributed by atoms with Crippen LogP contribution in [-0.4, -0.2) is 20.8 Å². The van der Waals surface area contributed by atoms with Crippen LogP contribution >= 0.6 is 0 Å². The molecule has 5 nitrogen and oxygen atoms in total. The fourth-order valence-corrected chi connectivity index (χ4v) is 2.34. The molecule has 1 saturated carbocycles. The van der Waals surface area contributed by atoms with Crippen molar-refractivity contribution in [2.24, 2.45) is 0 Å². The van der Waals surface area contributed by atoms with Crippen molar-refractivity contribution in [1.29, 1.82) is 0 Å². The second-order valence-electron chi connectivity index (χ2n) is 5.65. The van der Waals surface area contributed by atoms with Crippen LogP contribution in [-0.2, 0) is 13.1 Å². The van der Waals surface area contributed by atoms with Crippen molar-refractivity contribution >= 4 is 0 Å². The minimum Gasteiger partial charge on any atom is -0.435 e. The molecule has 0 saturated heterocycles. The Labute approximate surface area is 125 Å². The fraction of sp³-hybridized carbons (Fsp3) is 0.500. The molecule has 1 fully saturated rings. The van der Waals surface area contributed by atoms with Crippen molar-refractivity contribution in [3.8, 4) is 11.6 Å². The third-order valence-electron chi connectivity index (χ3n) is 3.73. The molecular formula is C16H22N4O. The highest BCUT2D eigenvalue weighted by Gasteiger charge is 2.22. The van der Waals surface area contributed by atoms with Gasteiger partial charge in [0.1, 0.15) is 0 Å². The maximum Gasteiger partial charge on any atom is 0.224 e. The number of aryl methyl sites for hydroxylation is 3. The first-order valence-corrected chi connectivity index (χ1v) is 7.56. The second kappa shape index (κ2) is 5.85. The molecule has 5 heteroatoms. The monoisotopic (exact) mass is 286 g/mol. The van der Waals surface area contributed by atoms with Gasteiger partial charge in [-0.15, -0.1) is 0 Å². The molecule has 0 bridgehead atoms. The molecule has 0 unspecified atom stereocenters. The third-order valence-corrected chi connectivity index (χ3v) is 3.73. The maximum absolute atomic E-state index is 5.97. The number of aromatic nitrogens is 3. The van der Waals surface area contributed by atoms with Crippen LogP contribution in [0.25, 0.3) is 0 Å². The average molecular weight is 286 g/mol. The van der Waals surface area contributed by atoms with E-state index in [1.807, 2.05) is 17.8 Å². The van der Waals surface area contributed by atoms with Crippen molar-refractivity contribution < 1.29 is 4.74 Å². The van der Waals surface area contributed by atoms with Crippen molar-refractivity contribution in [3.63, 3.8) is 0 Å². The molecule has 0 spiro atoms. The van der Waals surface area contributed by atoms with Crippen molar-refractivity contribution in [1.82, 2.24) is 20.1 Å². The first kappa shape index (κ1) is 14.1. The zero-order chi connectivity index (χ0) is 14.8. The molecule has 1 aliphatic rings. The summed E-state index contributed by atoms with van der Waals surface area (Å²) < 4.78 is 7.82. The van der Waals surface area contributed by atoms with E-state index in [4.69, 9.17) is 4.74 Å². The number of hydrogen-bond donors (Lipinski definition) is 1. The van der Waals surface area contributed by atoms with Crippen LogP contribution < -0.4 is 10.1 Å². The molecule has 0 aliphatic heterocycles. The van der Waals surface area contributed by atoms with Crippen LogP contribution in [0.2, 0.25) is 0 Å². The van der Waals surface area contributed by atoms with Crippen molar-refractivity contribution in [2.45, 2.75) is 52.7 Å². The summed E-state index contributed by atoms with van der Waals surface area (Å²) in [6.45, 7) is 7.80. The number of ether oxygens (including phenoxy) is 1. The zero-order valence-corrected chi connectivity index (χ0v) is 12.9. The minimum atomic E-state index is 0.668. The standard InChI is InChI=1S/C16H22N4O/c1-4-20-10-14(8-18-20)21-16-15(9-17-13-5-6-13)11(2)7-12(3)19-16/h7-8,10,13,17H,4-6,9H2,1-3H3. The van der Waals surface area contributed by atoms with Crippen molar-refractivity contribution in [3.05, 3.63) is 35.3 Å². The predicted molar refractivity (Wildman–Crippen MR) is 81.5 cm³/mol. The van der Waals surface area contributed by atoms with E-state index in [0.717, 1.165) is 30.1 Å². The van der Waals surface area contributed by atoms with Crippen LogP contribution in [0.4, 0.5) is 0 Å². The van der Waals surface area contributed by atoms with Crippen LogP contribution in [0.3, 0.4) is 0 Å². The number of nitrogens with zero attached hydrogens (tertiary/aromatic N) is 3. The van der Waals surface area contributed by atoms with Gasteiger partial charge >= 0.3 is 0 Å². The molecule has 0 aromatic carbocycles. The van der Waals surface area contributed by atoms with Crippen molar-refractivity contribution in [2.75, 3.05) is 0 Å². The topological polar surface area (TPSA) is 52.0 Å². The van der Waals surface area contributed by atoms with E-state index in [0.29, 0.717) is 11.9 Å². The summed E-state index contributed by atoms with van der Waals surface area (Å²) in [4.78, 5) is 4.56. The highest BCUT2D eigenvalue weighted by Crippen LogP contribution is 2.27. The Hall–Kier alpha value is -1.88. The average Bonchev–Trinajstić information content (AvgIpc) is 3.16. The van der Waals surface area contributed by atoms with E-state index in [-0.39, 0.29) is 0 Å². The van der Waals surface area contributed by atoms with Crippen LogP contribution in [0.15, 0.2) is 18.5 Å². The van der Waals surface area contributed by atoms with Gasteiger partial charge in [-0.05, 0) is 45.2 Å². The Morgan fingerprint density at radius 1 is 1.38 bits per heavy atom. The second-order valence-corrected chi connectivity index (χ2v) is 5.65. The van der Waals surface area contributed by atoms with Gasteiger partial charge in [0, 0.05) is 30.4 Å². The molecule has 0 atom stereocenters. The summed E-state index contributed by atoms with van der Waals surface area (Å²) in [5.41, 5.74) is 3.32. The van der Waals surface area contributed by atoms with Crippen LogP contribution in [0, 0.1) is 13.8 Å². The fourth-order valence-electron chi connectivity index (χ4n) is 2.34. The number of nitrogens with one attached hydrogen (secondary N) is 1. The van der Waals surface area contributed by atoms with Gasteiger partial charge in [-0.3, -0.25) is 4.68 Å². The summed E-state index contributed by atoms with van der Waals surface area (Å²) in [6, 6.07) is 2.77.